The highest BCUT2D eigenvalue weighted by Crippen LogP contribution is 2.29. The molecule has 0 bridgehead atoms. The molecule has 0 radical (unpaired) electrons. The number of carbonyl (C=O) groups is 1. The summed E-state index contributed by atoms with van der Waals surface area (Å²) in [6.07, 6.45) is 0. The van der Waals surface area contributed by atoms with E-state index >= 15 is 0 Å². The van der Waals surface area contributed by atoms with E-state index in [1.165, 1.54) is 18.2 Å². The first kappa shape index (κ1) is 16.1. The average Bonchev–Trinajstić information content (AvgIpc) is 2.43. The first-order valence-corrected chi connectivity index (χ1v) is 6.94. The number of halogens is 3. The van der Waals surface area contributed by atoms with Gasteiger partial charge in [-0.3, -0.25) is 4.79 Å². The van der Waals surface area contributed by atoms with Gasteiger partial charge in [0.15, 0.2) is 0 Å². The van der Waals surface area contributed by atoms with Gasteiger partial charge in [0.05, 0.1) is 15.7 Å². The van der Waals surface area contributed by atoms with E-state index in [9.17, 15) is 4.79 Å². The molecule has 0 aromatic heterocycles. The third-order valence-electron chi connectivity index (χ3n) is 2.74. The van der Waals surface area contributed by atoms with Crippen LogP contribution in [0.25, 0.3) is 0 Å². The van der Waals surface area contributed by atoms with Crippen molar-refractivity contribution < 1.29 is 14.8 Å². The second-order valence-corrected chi connectivity index (χ2v) is 5.36. The van der Waals surface area contributed by atoms with Gasteiger partial charge in [0.2, 0.25) is 0 Å². The SMILES string of the molecule is O=C(Nc1cccc(Cl)c1Cl)c1ccc(B(O)O)c(Cl)c1. The van der Waals surface area contributed by atoms with Crippen LogP contribution in [0.2, 0.25) is 15.1 Å². The molecular formula is C13H9BCl3NO3. The molecule has 0 heterocycles. The van der Waals surface area contributed by atoms with Crippen LogP contribution in [0.4, 0.5) is 5.69 Å². The van der Waals surface area contributed by atoms with Crippen molar-refractivity contribution in [2.45, 2.75) is 0 Å². The Bertz CT molecular complexity index is 694. The minimum atomic E-state index is -1.70. The molecule has 3 N–H and O–H groups in total. The van der Waals surface area contributed by atoms with Crippen LogP contribution >= 0.6 is 34.8 Å². The number of nitrogens with one attached hydrogen (secondary N) is 1. The number of benzene rings is 2. The molecule has 4 nitrogen and oxygen atoms in total. The summed E-state index contributed by atoms with van der Waals surface area (Å²) >= 11 is 17.7. The normalized spacial score (nSPS) is 10.3. The second kappa shape index (κ2) is 6.68. The fourth-order valence-corrected chi connectivity index (χ4v) is 2.30. The molecule has 21 heavy (non-hydrogen) atoms. The van der Waals surface area contributed by atoms with E-state index in [0.29, 0.717) is 10.7 Å². The van der Waals surface area contributed by atoms with Gasteiger partial charge in [-0.05, 0) is 24.3 Å². The fourth-order valence-electron chi connectivity index (χ4n) is 1.67. The maximum atomic E-state index is 12.1. The van der Waals surface area contributed by atoms with Crippen LogP contribution in [-0.4, -0.2) is 23.1 Å². The zero-order valence-corrected chi connectivity index (χ0v) is 12.7. The van der Waals surface area contributed by atoms with Crippen LogP contribution in [0, 0.1) is 0 Å². The summed E-state index contributed by atoms with van der Waals surface area (Å²) < 4.78 is 0. The lowest BCUT2D eigenvalue weighted by Gasteiger charge is -2.09. The Morgan fingerprint density at radius 3 is 2.38 bits per heavy atom. The number of rotatable bonds is 3. The quantitative estimate of drug-likeness (QED) is 0.750. The molecule has 0 saturated heterocycles. The molecule has 2 aromatic carbocycles. The summed E-state index contributed by atoms with van der Waals surface area (Å²) in [6, 6.07) is 9.00. The maximum Gasteiger partial charge on any atom is 0.489 e. The van der Waals surface area contributed by atoms with Gasteiger partial charge in [0.25, 0.3) is 5.91 Å². The van der Waals surface area contributed by atoms with E-state index in [1.807, 2.05) is 0 Å². The van der Waals surface area contributed by atoms with Crippen LogP contribution < -0.4 is 10.8 Å². The summed E-state index contributed by atoms with van der Waals surface area (Å²) in [7, 11) is -1.70. The Balaban J connectivity index is 2.25. The standard InChI is InChI=1S/C13H9BCl3NO3/c15-9-2-1-3-11(12(9)17)18-13(19)7-4-5-8(14(20)21)10(16)6-7/h1-6,20-21H,(H,18,19). The van der Waals surface area contributed by atoms with Gasteiger partial charge in [-0.25, -0.2) is 0 Å². The number of carbonyl (C=O) groups excluding carboxylic acids is 1. The van der Waals surface area contributed by atoms with Gasteiger partial charge in [-0.1, -0.05) is 46.9 Å². The summed E-state index contributed by atoms with van der Waals surface area (Å²) in [5, 5.41) is 21.4. The monoisotopic (exact) mass is 343 g/mol. The highest BCUT2D eigenvalue weighted by Gasteiger charge is 2.17. The summed E-state index contributed by atoms with van der Waals surface area (Å²) in [5.41, 5.74) is 0.742. The molecular weight excluding hydrogens is 335 g/mol. The molecule has 2 aromatic rings. The van der Waals surface area contributed by atoms with Gasteiger partial charge in [0.1, 0.15) is 0 Å². The molecule has 0 aliphatic carbocycles. The van der Waals surface area contributed by atoms with E-state index in [0.717, 1.165) is 0 Å². The molecule has 0 aliphatic rings. The van der Waals surface area contributed by atoms with Gasteiger partial charge in [0, 0.05) is 16.0 Å². The van der Waals surface area contributed by atoms with Crippen LogP contribution in [0.5, 0.6) is 0 Å². The van der Waals surface area contributed by atoms with E-state index < -0.39 is 13.0 Å². The largest absolute Gasteiger partial charge is 0.489 e. The Kier molecular flexibility index (Phi) is 5.14. The van der Waals surface area contributed by atoms with Crippen LogP contribution in [0.1, 0.15) is 10.4 Å². The van der Waals surface area contributed by atoms with Crippen molar-refractivity contribution >= 4 is 59.0 Å². The Labute approximate surface area is 136 Å². The van der Waals surface area contributed by atoms with Crippen molar-refractivity contribution in [3.05, 3.63) is 57.0 Å². The number of amides is 1. The molecule has 0 unspecified atom stereocenters. The van der Waals surface area contributed by atoms with Gasteiger partial charge < -0.3 is 15.4 Å². The number of hydrogen-bond acceptors (Lipinski definition) is 3. The van der Waals surface area contributed by atoms with Gasteiger partial charge in [-0.2, -0.15) is 0 Å². The van der Waals surface area contributed by atoms with Crippen molar-refractivity contribution in [1.82, 2.24) is 0 Å². The van der Waals surface area contributed by atoms with Crippen molar-refractivity contribution in [1.29, 1.82) is 0 Å². The molecule has 1 amide bonds. The molecule has 0 aliphatic heterocycles. The zero-order chi connectivity index (χ0) is 15.6. The summed E-state index contributed by atoms with van der Waals surface area (Å²) in [6.45, 7) is 0. The van der Waals surface area contributed by atoms with Crippen LogP contribution in [0.15, 0.2) is 36.4 Å². The smallest absolute Gasteiger partial charge is 0.423 e. The lowest BCUT2D eigenvalue weighted by molar-refractivity contribution is 0.102. The fraction of sp³-hybridized carbons (Fsp3) is 0. The van der Waals surface area contributed by atoms with E-state index in [4.69, 9.17) is 44.9 Å². The predicted octanol–water partition coefficient (Wildman–Crippen LogP) is 2.58. The Morgan fingerprint density at radius 2 is 1.76 bits per heavy atom. The van der Waals surface area contributed by atoms with Gasteiger partial charge >= 0.3 is 7.12 Å². The first-order chi connectivity index (χ1) is 9.90. The third-order valence-corrected chi connectivity index (χ3v) is 3.89. The topological polar surface area (TPSA) is 69.6 Å². The van der Waals surface area contributed by atoms with Crippen molar-refractivity contribution in [2.24, 2.45) is 0 Å². The Hall–Kier alpha value is -1.24. The van der Waals surface area contributed by atoms with E-state index in [-0.39, 0.29) is 21.1 Å². The highest BCUT2D eigenvalue weighted by molar-refractivity contribution is 6.62. The van der Waals surface area contributed by atoms with Crippen molar-refractivity contribution in [3.63, 3.8) is 0 Å². The lowest BCUT2D eigenvalue weighted by Crippen LogP contribution is -2.31. The van der Waals surface area contributed by atoms with Crippen molar-refractivity contribution in [3.8, 4) is 0 Å². The average molecular weight is 344 g/mol. The zero-order valence-electron chi connectivity index (χ0n) is 10.5. The lowest BCUT2D eigenvalue weighted by atomic mass is 9.80. The van der Waals surface area contributed by atoms with Crippen LogP contribution in [-0.2, 0) is 0 Å². The predicted molar refractivity (Wildman–Crippen MR) is 85.7 cm³/mol. The molecule has 8 heteroatoms. The minimum absolute atomic E-state index is 0.0786. The summed E-state index contributed by atoms with van der Waals surface area (Å²) in [4.78, 5) is 12.1. The van der Waals surface area contributed by atoms with Crippen LogP contribution in [0.3, 0.4) is 0 Å². The maximum absolute atomic E-state index is 12.1. The number of anilines is 1. The van der Waals surface area contributed by atoms with Crippen molar-refractivity contribution in [2.75, 3.05) is 5.32 Å². The first-order valence-electron chi connectivity index (χ1n) is 5.81. The second-order valence-electron chi connectivity index (χ2n) is 4.17. The number of hydrogen-bond donors (Lipinski definition) is 3. The third kappa shape index (κ3) is 3.70. The molecule has 0 fully saturated rings. The Morgan fingerprint density at radius 1 is 1.05 bits per heavy atom. The van der Waals surface area contributed by atoms with E-state index in [2.05, 4.69) is 5.32 Å². The molecule has 0 atom stereocenters. The molecule has 108 valence electrons. The molecule has 0 saturated carbocycles. The van der Waals surface area contributed by atoms with Gasteiger partial charge in [-0.15, -0.1) is 0 Å². The molecule has 0 spiro atoms. The highest BCUT2D eigenvalue weighted by atomic mass is 35.5. The molecule has 2 rings (SSSR count). The summed E-state index contributed by atoms with van der Waals surface area (Å²) in [5.74, 6) is -0.444. The minimum Gasteiger partial charge on any atom is -0.423 e. The van der Waals surface area contributed by atoms with E-state index in [1.54, 1.807) is 18.2 Å².